The molecule has 1 heterocycles. The lowest BCUT2D eigenvalue weighted by molar-refractivity contribution is -0.895. The SMILES string of the molecule is Cc1cccc(F)c1N1C[N+](C)([O-])NN1. The van der Waals surface area contributed by atoms with Crippen molar-refractivity contribution in [3.8, 4) is 0 Å². The number of benzene rings is 1. The zero-order valence-corrected chi connectivity index (χ0v) is 8.62. The number of hydrogen-bond donors (Lipinski definition) is 2. The molecule has 15 heavy (non-hydrogen) atoms. The van der Waals surface area contributed by atoms with Gasteiger partial charge in [0.15, 0.2) is 6.67 Å². The molecule has 1 aliphatic heterocycles. The van der Waals surface area contributed by atoms with Gasteiger partial charge in [-0.15, -0.1) is 5.53 Å². The van der Waals surface area contributed by atoms with E-state index < -0.39 is 4.76 Å². The van der Waals surface area contributed by atoms with Gasteiger partial charge in [0.25, 0.3) is 0 Å². The van der Waals surface area contributed by atoms with E-state index in [-0.39, 0.29) is 12.5 Å². The van der Waals surface area contributed by atoms with Crippen molar-refractivity contribution in [1.29, 1.82) is 0 Å². The van der Waals surface area contributed by atoms with Crippen LogP contribution in [0.2, 0.25) is 0 Å². The number of aryl methyl sites for hydroxylation is 1. The Kier molecular flexibility index (Phi) is 2.35. The van der Waals surface area contributed by atoms with E-state index in [0.29, 0.717) is 5.69 Å². The first-order chi connectivity index (χ1) is 6.99. The van der Waals surface area contributed by atoms with E-state index in [2.05, 4.69) is 11.1 Å². The van der Waals surface area contributed by atoms with Crippen LogP contribution in [-0.2, 0) is 0 Å². The topological polar surface area (TPSA) is 50.4 Å². The summed E-state index contributed by atoms with van der Waals surface area (Å²) >= 11 is 0. The summed E-state index contributed by atoms with van der Waals surface area (Å²) in [5.74, 6) is -0.341. The highest BCUT2D eigenvalue weighted by atomic mass is 19.1. The Morgan fingerprint density at radius 2 is 2.27 bits per heavy atom. The Morgan fingerprint density at radius 3 is 2.80 bits per heavy atom. The lowest BCUT2D eigenvalue weighted by atomic mass is 10.2. The second kappa shape index (κ2) is 3.42. The molecule has 0 spiro atoms. The summed E-state index contributed by atoms with van der Waals surface area (Å²) in [4.78, 5) is 0. The zero-order chi connectivity index (χ0) is 11.1. The normalized spacial score (nSPS) is 26.0. The molecule has 1 aliphatic rings. The molecular formula is C9H13FN4O. The molecule has 82 valence electrons. The highest BCUT2D eigenvalue weighted by molar-refractivity contribution is 5.53. The predicted molar refractivity (Wildman–Crippen MR) is 54.3 cm³/mol. The summed E-state index contributed by atoms with van der Waals surface area (Å²) in [7, 11) is 1.45. The van der Waals surface area contributed by atoms with Crippen LogP contribution in [0.4, 0.5) is 10.1 Å². The van der Waals surface area contributed by atoms with Gasteiger partial charge in [-0.25, -0.2) is 9.40 Å². The molecule has 0 aliphatic carbocycles. The molecule has 0 amide bonds. The number of nitrogens with one attached hydrogen (secondary N) is 2. The van der Waals surface area contributed by atoms with Crippen LogP contribution < -0.4 is 16.1 Å². The molecule has 1 aromatic rings. The third-order valence-electron chi connectivity index (χ3n) is 2.29. The van der Waals surface area contributed by atoms with Crippen LogP contribution in [0.5, 0.6) is 0 Å². The van der Waals surface area contributed by atoms with Crippen molar-refractivity contribution < 1.29 is 9.15 Å². The van der Waals surface area contributed by atoms with E-state index in [9.17, 15) is 9.60 Å². The van der Waals surface area contributed by atoms with Crippen LogP contribution in [-0.4, -0.2) is 18.5 Å². The number of para-hydroxylation sites is 1. The fourth-order valence-corrected chi connectivity index (χ4v) is 1.60. The summed E-state index contributed by atoms with van der Waals surface area (Å²) in [5.41, 5.74) is 6.33. The average molecular weight is 212 g/mol. The Morgan fingerprint density at radius 1 is 1.53 bits per heavy atom. The Balaban J connectivity index is 2.31. The van der Waals surface area contributed by atoms with E-state index in [1.165, 1.54) is 18.1 Å². The summed E-state index contributed by atoms with van der Waals surface area (Å²) in [6, 6.07) is 4.81. The van der Waals surface area contributed by atoms with Crippen LogP contribution in [0.15, 0.2) is 18.2 Å². The van der Waals surface area contributed by atoms with Crippen LogP contribution in [0.25, 0.3) is 0 Å². The van der Waals surface area contributed by atoms with Gasteiger partial charge in [-0.05, 0) is 18.6 Å². The van der Waals surface area contributed by atoms with Crippen molar-refractivity contribution in [2.24, 2.45) is 0 Å². The quantitative estimate of drug-likeness (QED) is 0.533. The lowest BCUT2D eigenvalue weighted by Gasteiger charge is -2.29. The van der Waals surface area contributed by atoms with Gasteiger partial charge < -0.3 is 5.21 Å². The molecule has 0 aromatic heterocycles. The first-order valence-corrected chi connectivity index (χ1v) is 4.62. The summed E-state index contributed by atoms with van der Waals surface area (Å²) in [6.07, 6.45) is 0. The molecule has 0 radical (unpaired) electrons. The number of anilines is 1. The van der Waals surface area contributed by atoms with Gasteiger partial charge in [0.2, 0.25) is 0 Å². The molecule has 1 saturated heterocycles. The van der Waals surface area contributed by atoms with Crippen LogP contribution in [0.1, 0.15) is 5.56 Å². The molecule has 2 rings (SSSR count). The van der Waals surface area contributed by atoms with E-state index in [1.54, 1.807) is 19.1 Å². The fraction of sp³-hybridized carbons (Fsp3) is 0.333. The lowest BCUT2D eigenvalue weighted by Crippen LogP contribution is -2.47. The zero-order valence-electron chi connectivity index (χ0n) is 8.62. The Labute approximate surface area is 87.2 Å². The number of hydrazine groups is 2. The Hall–Kier alpha value is -1.21. The molecule has 1 atom stereocenters. The van der Waals surface area contributed by atoms with Crippen molar-refractivity contribution in [2.45, 2.75) is 6.92 Å². The van der Waals surface area contributed by atoms with Crippen molar-refractivity contribution >= 4 is 5.69 Å². The van der Waals surface area contributed by atoms with E-state index in [0.717, 1.165) is 5.56 Å². The molecule has 6 heteroatoms. The maximum atomic E-state index is 13.5. The minimum absolute atomic E-state index is 0.113. The summed E-state index contributed by atoms with van der Waals surface area (Å²) in [5, 5.41) is 13.0. The molecular weight excluding hydrogens is 199 g/mol. The maximum Gasteiger partial charge on any atom is 0.188 e. The van der Waals surface area contributed by atoms with Crippen molar-refractivity contribution in [3.05, 3.63) is 34.8 Å². The molecule has 1 unspecified atom stereocenters. The summed E-state index contributed by atoms with van der Waals surface area (Å²) in [6.45, 7) is 1.91. The third kappa shape index (κ3) is 1.93. The van der Waals surface area contributed by atoms with E-state index in [1.807, 2.05) is 0 Å². The standard InChI is InChI=1S/C9H13FN4O/c1-7-4-3-5-8(10)9(7)13-6-14(2,15)12-11-13/h3-5,11-12H,6H2,1-2H3. The molecule has 2 N–H and O–H groups in total. The summed E-state index contributed by atoms with van der Waals surface area (Å²) < 4.78 is 12.9. The van der Waals surface area contributed by atoms with Crippen LogP contribution in [0.3, 0.4) is 0 Å². The number of halogens is 1. The highest BCUT2D eigenvalue weighted by Crippen LogP contribution is 2.24. The van der Waals surface area contributed by atoms with Gasteiger partial charge in [0.05, 0.1) is 12.7 Å². The van der Waals surface area contributed by atoms with E-state index >= 15 is 0 Å². The minimum atomic E-state index is -0.673. The maximum absolute atomic E-state index is 13.5. The minimum Gasteiger partial charge on any atom is -0.609 e. The third-order valence-corrected chi connectivity index (χ3v) is 2.29. The smallest absolute Gasteiger partial charge is 0.188 e. The number of rotatable bonds is 1. The molecule has 1 aromatic carbocycles. The van der Waals surface area contributed by atoms with Crippen molar-refractivity contribution in [1.82, 2.24) is 11.1 Å². The number of hydrogen-bond acceptors (Lipinski definition) is 4. The highest BCUT2D eigenvalue weighted by Gasteiger charge is 2.27. The van der Waals surface area contributed by atoms with Crippen molar-refractivity contribution in [3.63, 3.8) is 0 Å². The van der Waals surface area contributed by atoms with Crippen molar-refractivity contribution in [2.75, 3.05) is 18.7 Å². The van der Waals surface area contributed by atoms with Gasteiger partial charge in [0, 0.05) is 0 Å². The van der Waals surface area contributed by atoms with Gasteiger partial charge >= 0.3 is 0 Å². The first-order valence-electron chi connectivity index (χ1n) is 4.62. The van der Waals surface area contributed by atoms with Crippen LogP contribution >= 0.6 is 0 Å². The molecule has 1 fully saturated rings. The monoisotopic (exact) mass is 212 g/mol. The molecule has 0 saturated carbocycles. The number of quaternary nitrogens is 1. The second-order valence-corrected chi connectivity index (χ2v) is 3.80. The fourth-order valence-electron chi connectivity index (χ4n) is 1.60. The second-order valence-electron chi connectivity index (χ2n) is 3.80. The van der Waals surface area contributed by atoms with Gasteiger partial charge in [-0.3, -0.25) is 4.76 Å². The first kappa shape index (κ1) is 10.3. The van der Waals surface area contributed by atoms with Gasteiger partial charge in [0.1, 0.15) is 5.82 Å². The average Bonchev–Trinajstić information content (AvgIpc) is 2.46. The van der Waals surface area contributed by atoms with Gasteiger partial charge in [-0.1, -0.05) is 17.7 Å². The Bertz CT molecular complexity index is 362. The largest absolute Gasteiger partial charge is 0.609 e. The van der Waals surface area contributed by atoms with E-state index in [4.69, 9.17) is 0 Å². The van der Waals surface area contributed by atoms with Crippen LogP contribution in [0, 0.1) is 17.9 Å². The predicted octanol–water partition coefficient (Wildman–Crippen LogP) is 0.780. The molecule has 0 bridgehead atoms. The molecule has 5 nitrogen and oxygen atoms in total. The number of hydroxylamine groups is 2. The van der Waals surface area contributed by atoms with Gasteiger partial charge in [-0.2, -0.15) is 0 Å². The number of nitrogens with zero attached hydrogens (tertiary/aromatic N) is 2.